The first-order valence-corrected chi connectivity index (χ1v) is 6.83. The molecule has 1 N–H and O–H groups in total. The first kappa shape index (κ1) is 13.4. The molecule has 1 heterocycles. The zero-order chi connectivity index (χ0) is 12.8. The third kappa shape index (κ3) is 4.32. The van der Waals surface area contributed by atoms with Crippen LogP contribution in [0.2, 0.25) is 0 Å². The number of carbonyl (C=O) groups excluding carboxylic acids is 1. The van der Waals surface area contributed by atoms with E-state index in [1.807, 2.05) is 0 Å². The molecule has 0 atom stereocenters. The van der Waals surface area contributed by atoms with Crippen LogP contribution >= 0.6 is 0 Å². The van der Waals surface area contributed by atoms with Crippen LogP contribution in [0.4, 0.5) is 0 Å². The Hall–Kier alpha value is -1.05. The van der Waals surface area contributed by atoms with E-state index in [1.54, 1.807) is 4.90 Å². The third-order valence-corrected chi connectivity index (χ3v) is 3.54. The van der Waals surface area contributed by atoms with E-state index in [-0.39, 0.29) is 18.6 Å². The average Bonchev–Trinajstić information content (AvgIpc) is 3.21. The zero-order valence-corrected chi connectivity index (χ0v) is 10.9. The first-order valence-electron chi connectivity index (χ1n) is 6.83. The molecule has 0 spiro atoms. The second-order valence-electron chi connectivity index (χ2n) is 5.18. The van der Waals surface area contributed by atoms with Crippen molar-refractivity contribution in [1.29, 1.82) is 0 Å². The van der Waals surface area contributed by atoms with E-state index in [0.29, 0.717) is 12.5 Å². The number of carbonyl (C=O) groups is 1. The molecule has 18 heavy (non-hydrogen) atoms. The standard InChI is InChI=1S/C14H22N2O2/c1-2-9-16(10-12-3-4-12)14(17)11-18-13-5-7-15-8-6-13/h1,12-13,15H,3-11H2. The third-order valence-electron chi connectivity index (χ3n) is 3.54. The molecule has 0 aromatic rings. The summed E-state index contributed by atoms with van der Waals surface area (Å²) in [6.45, 7) is 3.35. The van der Waals surface area contributed by atoms with Gasteiger partial charge in [-0.2, -0.15) is 0 Å². The fourth-order valence-corrected chi connectivity index (χ4v) is 2.22. The quantitative estimate of drug-likeness (QED) is 0.703. The highest BCUT2D eigenvalue weighted by atomic mass is 16.5. The lowest BCUT2D eigenvalue weighted by Gasteiger charge is -2.25. The topological polar surface area (TPSA) is 41.6 Å². The number of nitrogens with one attached hydrogen (secondary N) is 1. The van der Waals surface area contributed by atoms with Gasteiger partial charge in [0.25, 0.3) is 0 Å². The van der Waals surface area contributed by atoms with Crippen LogP contribution in [0.15, 0.2) is 0 Å². The summed E-state index contributed by atoms with van der Waals surface area (Å²) in [6.07, 6.45) is 9.97. The van der Waals surface area contributed by atoms with E-state index in [9.17, 15) is 4.79 Å². The molecule has 0 aromatic carbocycles. The van der Waals surface area contributed by atoms with Gasteiger partial charge in [0.2, 0.25) is 5.91 Å². The number of piperidine rings is 1. The largest absolute Gasteiger partial charge is 0.368 e. The Morgan fingerprint density at radius 2 is 2.06 bits per heavy atom. The van der Waals surface area contributed by atoms with Gasteiger partial charge < -0.3 is 15.0 Å². The van der Waals surface area contributed by atoms with Gasteiger partial charge in [-0.25, -0.2) is 0 Å². The second kappa shape index (κ2) is 6.77. The van der Waals surface area contributed by atoms with Crippen molar-refractivity contribution in [2.45, 2.75) is 31.8 Å². The minimum absolute atomic E-state index is 0.0402. The summed E-state index contributed by atoms with van der Waals surface area (Å²) in [5, 5.41) is 3.28. The van der Waals surface area contributed by atoms with Gasteiger partial charge in [-0.05, 0) is 44.7 Å². The van der Waals surface area contributed by atoms with Crippen molar-refractivity contribution in [2.24, 2.45) is 5.92 Å². The van der Waals surface area contributed by atoms with Gasteiger partial charge in [-0.1, -0.05) is 5.92 Å². The maximum Gasteiger partial charge on any atom is 0.249 e. The van der Waals surface area contributed by atoms with Crippen molar-refractivity contribution in [1.82, 2.24) is 10.2 Å². The molecule has 2 fully saturated rings. The van der Waals surface area contributed by atoms with Crippen LogP contribution in [0, 0.1) is 18.3 Å². The molecular formula is C14H22N2O2. The van der Waals surface area contributed by atoms with Crippen LogP contribution in [-0.4, -0.2) is 49.7 Å². The molecule has 0 aromatic heterocycles. The van der Waals surface area contributed by atoms with Crippen LogP contribution < -0.4 is 5.32 Å². The molecular weight excluding hydrogens is 228 g/mol. The maximum atomic E-state index is 12.0. The van der Waals surface area contributed by atoms with Gasteiger partial charge in [0, 0.05) is 6.54 Å². The molecule has 0 radical (unpaired) electrons. The summed E-state index contributed by atoms with van der Waals surface area (Å²) in [6, 6.07) is 0. The van der Waals surface area contributed by atoms with E-state index in [4.69, 9.17) is 11.2 Å². The lowest BCUT2D eigenvalue weighted by molar-refractivity contribution is -0.138. The Morgan fingerprint density at radius 3 is 2.67 bits per heavy atom. The van der Waals surface area contributed by atoms with E-state index in [1.165, 1.54) is 12.8 Å². The van der Waals surface area contributed by atoms with Crippen molar-refractivity contribution in [3.63, 3.8) is 0 Å². The van der Waals surface area contributed by atoms with Crippen molar-refractivity contribution in [3.05, 3.63) is 0 Å². The summed E-state index contributed by atoms with van der Waals surface area (Å²) in [5.74, 6) is 3.27. The number of hydrogen-bond acceptors (Lipinski definition) is 3. The van der Waals surface area contributed by atoms with Crippen molar-refractivity contribution < 1.29 is 9.53 Å². The van der Waals surface area contributed by atoms with Gasteiger partial charge >= 0.3 is 0 Å². The summed E-state index contributed by atoms with van der Waals surface area (Å²) >= 11 is 0. The summed E-state index contributed by atoms with van der Waals surface area (Å²) in [7, 11) is 0. The Kier molecular flexibility index (Phi) is 5.03. The van der Waals surface area contributed by atoms with Crippen LogP contribution in [0.25, 0.3) is 0 Å². The summed E-state index contributed by atoms with van der Waals surface area (Å²) in [4.78, 5) is 13.8. The van der Waals surface area contributed by atoms with Crippen LogP contribution in [-0.2, 0) is 9.53 Å². The monoisotopic (exact) mass is 250 g/mol. The normalized spacial score (nSPS) is 20.4. The average molecular weight is 250 g/mol. The van der Waals surface area contributed by atoms with Gasteiger partial charge in [0.05, 0.1) is 12.6 Å². The Balaban J connectivity index is 1.71. The molecule has 1 saturated carbocycles. The van der Waals surface area contributed by atoms with Crippen molar-refractivity contribution >= 4 is 5.91 Å². The van der Waals surface area contributed by atoms with E-state index in [0.717, 1.165) is 32.5 Å². The number of terminal acetylenes is 1. The predicted molar refractivity (Wildman–Crippen MR) is 70.0 cm³/mol. The number of amides is 1. The molecule has 1 saturated heterocycles. The zero-order valence-electron chi connectivity index (χ0n) is 10.9. The highest BCUT2D eigenvalue weighted by molar-refractivity contribution is 5.77. The summed E-state index contributed by atoms with van der Waals surface area (Å²) < 4.78 is 5.67. The minimum Gasteiger partial charge on any atom is -0.368 e. The van der Waals surface area contributed by atoms with Gasteiger partial charge in [-0.3, -0.25) is 4.79 Å². The molecule has 2 aliphatic rings. The molecule has 4 nitrogen and oxygen atoms in total. The van der Waals surface area contributed by atoms with E-state index >= 15 is 0 Å². The molecule has 1 aliphatic carbocycles. The second-order valence-corrected chi connectivity index (χ2v) is 5.18. The Bertz CT molecular complexity index is 314. The molecule has 1 amide bonds. The minimum atomic E-state index is 0.0402. The molecule has 4 heteroatoms. The van der Waals surface area contributed by atoms with Crippen LogP contribution in [0.3, 0.4) is 0 Å². The molecule has 0 bridgehead atoms. The molecule has 0 unspecified atom stereocenters. The number of hydrogen-bond donors (Lipinski definition) is 1. The number of ether oxygens (including phenoxy) is 1. The van der Waals surface area contributed by atoms with Crippen molar-refractivity contribution in [2.75, 3.05) is 32.8 Å². The smallest absolute Gasteiger partial charge is 0.249 e. The van der Waals surface area contributed by atoms with E-state index in [2.05, 4.69) is 11.2 Å². The fourth-order valence-electron chi connectivity index (χ4n) is 2.22. The van der Waals surface area contributed by atoms with E-state index < -0.39 is 0 Å². The fraction of sp³-hybridized carbons (Fsp3) is 0.786. The molecule has 100 valence electrons. The summed E-state index contributed by atoms with van der Waals surface area (Å²) in [5.41, 5.74) is 0. The highest BCUT2D eigenvalue weighted by Crippen LogP contribution is 2.29. The van der Waals surface area contributed by atoms with Crippen molar-refractivity contribution in [3.8, 4) is 12.3 Å². The van der Waals surface area contributed by atoms with Crippen LogP contribution in [0.5, 0.6) is 0 Å². The Labute approximate surface area is 109 Å². The number of nitrogens with zero attached hydrogens (tertiary/aromatic N) is 1. The number of rotatable bonds is 6. The maximum absolute atomic E-state index is 12.0. The highest BCUT2D eigenvalue weighted by Gasteiger charge is 2.26. The van der Waals surface area contributed by atoms with Gasteiger partial charge in [0.15, 0.2) is 0 Å². The SMILES string of the molecule is C#CCN(CC1CC1)C(=O)COC1CCNCC1. The lowest BCUT2D eigenvalue weighted by Crippen LogP contribution is -2.39. The van der Waals surface area contributed by atoms with Gasteiger partial charge in [-0.15, -0.1) is 6.42 Å². The van der Waals surface area contributed by atoms with Crippen LogP contribution in [0.1, 0.15) is 25.7 Å². The predicted octanol–water partition coefficient (Wildman–Crippen LogP) is 0.627. The molecule has 1 aliphatic heterocycles. The lowest BCUT2D eigenvalue weighted by atomic mass is 10.1. The molecule has 2 rings (SSSR count). The first-order chi connectivity index (χ1) is 8.79. The Morgan fingerprint density at radius 1 is 1.33 bits per heavy atom. The van der Waals surface area contributed by atoms with Gasteiger partial charge in [0.1, 0.15) is 6.61 Å².